The molecule has 1 heteroatoms. The van der Waals surface area contributed by atoms with Crippen molar-refractivity contribution < 1.29 is 4.57 Å². The summed E-state index contributed by atoms with van der Waals surface area (Å²) < 4.78 is 2.23. The lowest BCUT2D eigenvalue weighted by atomic mass is 9.95. The van der Waals surface area contributed by atoms with E-state index >= 15 is 0 Å². The molecule has 20 heavy (non-hydrogen) atoms. The molecule has 0 amide bonds. The summed E-state index contributed by atoms with van der Waals surface area (Å²) in [7, 11) is 2.12. The fourth-order valence-corrected chi connectivity index (χ4v) is 2.94. The van der Waals surface area contributed by atoms with Crippen molar-refractivity contribution in [3.05, 3.63) is 65.4 Å². The van der Waals surface area contributed by atoms with E-state index in [0.29, 0.717) is 0 Å². The van der Waals surface area contributed by atoms with Gasteiger partial charge in [0.25, 0.3) is 0 Å². The number of fused-ring (bicyclic) bond motifs is 1. The molecule has 0 radical (unpaired) electrons. The van der Waals surface area contributed by atoms with Crippen LogP contribution in [0.3, 0.4) is 0 Å². The highest BCUT2D eigenvalue weighted by molar-refractivity contribution is 5.93. The van der Waals surface area contributed by atoms with E-state index in [4.69, 9.17) is 0 Å². The Morgan fingerprint density at radius 1 is 0.900 bits per heavy atom. The summed E-state index contributed by atoms with van der Waals surface area (Å²) >= 11 is 0. The Labute approximate surface area is 120 Å². The summed E-state index contributed by atoms with van der Waals surface area (Å²) in [5, 5.41) is 2.60. The zero-order valence-electron chi connectivity index (χ0n) is 12.6. The second-order valence-corrected chi connectivity index (χ2v) is 5.62. The van der Waals surface area contributed by atoms with Crippen LogP contribution in [0.15, 0.2) is 48.7 Å². The molecule has 0 bridgehead atoms. The molecule has 1 nitrogen and oxygen atoms in total. The van der Waals surface area contributed by atoms with Gasteiger partial charge in [0.05, 0.1) is 10.9 Å². The van der Waals surface area contributed by atoms with E-state index in [1.54, 1.807) is 0 Å². The van der Waals surface area contributed by atoms with Gasteiger partial charge in [-0.3, -0.25) is 0 Å². The summed E-state index contributed by atoms with van der Waals surface area (Å²) in [4.78, 5) is 0. The smallest absolute Gasteiger partial charge is 0.200 e. The second kappa shape index (κ2) is 4.75. The Morgan fingerprint density at radius 2 is 1.65 bits per heavy atom. The van der Waals surface area contributed by atoms with Crippen molar-refractivity contribution >= 4 is 10.8 Å². The van der Waals surface area contributed by atoms with Crippen molar-refractivity contribution in [3.8, 4) is 11.3 Å². The van der Waals surface area contributed by atoms with Gasteiger partial charge in [-0.25, -0.2) is 4.57 Å². The number of nitrogens with zero attached hydrogens (tertiary/aromatic N) is 1. The van der Waals surface area contributed by atoms with Crippen LogP contribution >= 0.6 is 0 Å². The number of aryl methyl sites for hydroxylation is 3. The first kappa shape index (κ1) is 12.9. The van der Waals surface area contributed by atoms with Gasteiger partial charge in [0.2, 0.25) is 5.69 Å². The Balaban J connectivity index is 2.43. The van der Waals surface area contributed by atoms with Crippen molar-refractivity contribution in [2.24, 2.45) is 7.05 Å². The normalized spacial score (nSPS) is 11.0. The summed E-state index contributed by atoms with van der Waals surface area (Å²) in [5.41, 5.74) is 6.67. The fourth-order valence-electron chi connectivity index (χ4n) is 2.94. The summed E-state index contributed by atoms with van der Waals surface area (Å²) in [6.07, 6.45) is 2.15. The van der Waals surface area contributed by atoms with E-state index < -0.39 is 0 Å². The zero-order valence-corrected chi connectivity index (χ0v) is 12.6. The first-order valence-corrected chi connectivity index (χ1v) is 7.03. The number of benzene rings is 2. The van der Waals surface area contributed by atoms with Crippen LogP contribution in [0.5, 0.6) is 0 Å². The Morgan fingerprint density at radius 3 is 2.45 bits per heavy atom. The van der Waals surface area contributed by atoms with Crippen molar-refractivity contribution in [1.82, 2.24) is 0 Å². The van der Waals surface area contributed by atoms with Crippen LogP contribution < -0.4 is 4.57 Å². The number of hydrogen-bond donors (Lipinski definition) is 0. The highest BCUT2D eigenvalue weighted by Crippen LogP contribution is 2.30. The highest BCUT2D eigenvalue weighted by Gasteiger charge is 2.17. The van der Waals surface area contributed by atoms with Gasteiger partial charge in [0.1, 0.15) is 7.05 Å². The molecule has 0 fully saturated rings. The average molecular weight is 262 g/mol. The number of pyridine rings is 1. The Bertz CT molecular complexity index is 800. The third-order valence-electron chi connectivity index (χ3n) is 4.11. The van der Waals surface area contributed by atoms with Gasteiger partial charge in [-0.05, 0) is 49.4 Å². The minimum Gasteiger partial charge on any atom is -0.200 e. The maximum absolute atomic E-state index is 2.30. The van der Waals surface area contributed by atoms with Gasteiger partial charge >= 0.3 is 0 Å². The molecule has 0 aliphatic carbocycles. The van der Waals surface area contributed by atoms with Crippen LogP contribution in [0.1, 0.15) is 16.7 Å². The molecule has 1 aromatic heterocycles. The van der Waals surface area contributed by atoms with Crippen LogP contribution in [0.2, 0.25) is 0 Å². The van der Waals surface area contributed by atoms with Crippen molar-refractivity contribution in [2.75, 3.05) is 0 Å². The van der Waals surface area contributed by atoms with Crippen LogP contribution in [0, 0.1) is 20.8 Å². The van der Waals surface area contributed by atoms with E-state index in [2.05, 4.69) is 81.0 Å². The largest absolute Gasteiger partial charge is 0.220 e. The molecule has 3 aromatic rings. The minimum absolute atomic E-state index is 1.29. The van der Waals surface area contributed by atoms with E-state index in [9.17, 15) is 0 Å². The minimum atomic E-state index is 1.29. The molecule has 0 saturated carbocycles. The van der Waals surface area contributed by atoms with Crippen LogP contribution in [0.4, 0.5) is 0 Å². The van der Waals surface area contributed by atoms with E-state index in [-0.39, 0.29) is 0 Å². The van der Waals surface area contributed by atoms with Gasteiger partial charge in [0, 0.05) is 6.07 Å². The number of rotatable bonds is 1. The van der Waals surface area contributed by atoms with E-state index in [1.165, 1.54) is 38.7 Å². The summed E-state index contributed by atoms with van der Waals surface area (Å²) in [6, 6.07) is 15.3. The predicted molar refractivity (Wildman–Crippen MR) is 84.8 cm³/mol. The number of aromatic nitrogens is 1. The van der Waals surface area contributed by atoms with Gasteiger partial charge in [-0.15, -0.1) is 0 Å². The van der Waals surface area contributed by atoms with Crippen LogP contribution in [0.25, 0.3) is 22.0 Å². The molecule has 0 atom stereocenters. The van der Waals surface area contributed by atoms with Crippen molar-refractivity contribution in [3.63, 3.8) is 0 Å². The molecule has 0 spiro atoms. The monoisotopic (exact) mass is 262 g/mol. The van der Waals surface area contributed by atoms with Gasteiger partial charge < -0.3 is 0 Å². The third kappa shape index (κ3) is 2.00. The molecule has 0 N–H and O–H groups in total. The lowest BCUT2D eigenvalue weighted by molar-refractivity contribution is -0.659. The van der Waals surface area contributed by atoms with Gasteiger partial charge in [-0.1, -0.05) is 29.8 Å². The first-order chi connectivity index (χ1) is 9.58. The lowest BCUT2D eigenvalue weighted by Gasteiger charge is -2.11. The summed E-state index contributed by atoms with van der Waals surface area (Å²) in [6.45, 7) is 6.57. The molecule has 0 aliphatic rings. The molecule has 0 unspecified atom stereocenters. The van der Waals surface area contributed by atoms with Gasteiger partial charge in [-0.2, -0.15) is 0 Å². The fraction of sp³-hybridized carbons (Fsp3) is 0.211. The third-order valence-corrected chi connectivity index (χ3v) is 4.11. The van der Waals surface area contributed by atoms with Crippen LogP contribution in [-0.4, -0.2) is 0 Å². The van der Waals surface area contributed by atoms with Crippen LogP contribution in [-0.2, 0) is 7.05 Å². The maximum atomic E-state index is 2.30. The Hall–Kier alpha value is -2.15. The van der Waals surface area contributed by atoms with Crippen molar-refractivity contribution in [1.29, 1.82) is 0 Å². The van der Waals surface area contributed by atoms with Gasteiger partial charge in [0.15, 0.2) is 6.20 Å². The molecule has 2 aromatic carbocycles. The zero-order chi connectivity index (χ0) is 14.3. The predicted octanol–water partition coefficient (Wildman–Crippen LogP) is 4.26. The Kier molecular flexibility index (Phi) is 3.06. The molecular formula is C19H20N+. The second-order valence-electron chi connectivity index (χ2n) is 5.62. The maximum Gasteiger partial charge on any atom is 0.220 e. The molecule has 3 rings (SSSR count). The molecule has 0 aliphatic heterocycles. The quantitative estimate of drug-likeness (QED) is 0.577. The molecule has 100 valence electrons. The SMILES string of the molecule is Cc1cc(C)c(C)c(-c2c3ccccc3cc[n+]2C)c1. The van der Waals surface area contributed by atoms with E-state index in [1.807, 2.05) is 0 Å². The first-order valence-electron chi connectivity index (χ1n) is 7.03. The number of hydrogen-bond acceptors (Lipinski definition) is 0. The standard InChI is InChI=1S/C19H20N/c1-13-11-14(2)15(3)18(12-13)19-17-8-6-5-7-16(17)9-10-20(19)4/h5-12H,1-4H3/q+1. The molecular weight excluding hydrogens is 242 g/mol. The van der Waals surface area contributed by atoms with E-state index in [0.717, 1.165) is 0 Å². The molecule has 1 heterocycles. The average Bonchev–Trinajstić information content (AvgIpc) is 2.43. The molecule has 0 saturated heterocycles. The summed E-state index contributed by atoms with van der Waals surface area (Å²) in [5.74, 6) is 0. The lowest BCUT2D eigenvalue weighted by Crippen LogP contribution is -2.30. The van der Waals surface area contributed by atoms with Crippen molar-refractivity contribution in [2.45, 2.75) is 20.8 Å². The topological polar surface area (TPSA) is 3.88 Å². The highest BCUT2D eigenvalue weighted by atomic mass is 14.9.